The van der Waals surface area contributed by atoms with Crippen molar-refractivity contribution in [1.29, 1.82) is 0 Å². The largest absolute Gasteiger partial charge is 0.360 e. The van der Waals surface area contributed by atoms with Crippen LogP contribution in [0.2, 0.25) is 5.02 Å². The predicted octanol–water partition coefficient (Wildman–Crippen LogP) is 4.60. The number of rotatable bonds is 3. The van der Waals surface area contributed by atoms with Gasteiger partial charge in [-0.25, -0.2) is 0 Å². The monoisotopic (exact) mass is 296 g/mol. The lowest BCUT2D eigenvalue weighted by atomic mass is 9.85. The summed E-state index contributed by atoms with van der Waals surface area (Å²) in [5.41, 5.74) is 0.865. The first kappa shape index (κ1) is 14.6. The fourth-order valence-corrected chi connectivity index (χ4v) is 3.08. The highest BCUT2D eigenvalue weighted by atomic mass is 35.5. The second-order valence-electron chi connectivity index (χ2n) is 5.20. The van der Waals surface area contributed by atoms with Gasteiger partial charge in [0.1, 0.15) is 0 Å². The maximum atomic E-state index is 6.10. The normalized spacial score (nSPS) is 22.8. The van der Waals surface area contributed by atoms with Crippen LogP contribution < -0.4 is 10.6 Å². The van der Waals surface area contributed by atoms with Crippen molar-refractivity contribution in [1.82, 2.24) is 5.32 Å². The summed E-state index contributed by atoms with van der Waals surface area (Å²) in [6.07, 6.45) is 6.34. The number of para-hydroxylation sites is 1. The van der Waals surface area contributed by atoms with E-state index in [0.29, 0.717) is 16.2 Å². The molecule has 1 fully saturated rings. The van der Waals surface area contributed by atoms with Gasteiger partial charge in [-0.15, -0.1) is 0 Å². The molecule has 2 N–H and O–H groups in total. The zero-order valence-corrected chi connectivity index (χ0v) is 12.9. The van der Waals surface area contributed by atoms with Gasteiger partial charge in [0.05, 0.1) is 10.7 Å². The van der Waals surface area contributed by atoms with Crippen molar-refractivity contribution in [3.63, 3.8) is 0 Å². The summed E-state index contributed by atoms with van der Waals surface area (Å²) in [7, 11) is 0. The Labute approximate surface area is 125 Å². The third-order valence-electron chi connectivity index (χ3n) is 3.88. The Morgan fingerprint density at radius 2 is 1.95 bits per heavy atom. The van der Waals surface area contributed by atoms with Gasteiger partial charge >= 0.3 is 0 Å². The maximum absolute atomic E-state index is 6.10. The molecule has 0 aromatic heterocycles. The molecule has 1 aromatic carbocycles. The van der Waals surface area contributed by atoms with E-state index in [-0.39, 0.29) is 0 Å². The number of hydrogen-bond donors (Lipinski definition) is 2. The number of thiocarbonyl (C=S) groups is 1. The van der Waals surface area contributed by atoms with Gasteiger partial charge < -0.3 is 10.6 Å². The van der Waals surface area contributed by atoms with Crippen molar-refractivity contribution in [2.75, 3.05) is 5.32 Å². The molecular weight excluding hydrogens is 276 g/mol. The molecule has 1 aliphatic rings. The highest BCUT2D eigenvalue weighted by molar-refractivity contribution is 7.80. The first-order valence-electron chi connectivity index (χ1n) is 7.01. The first-order valence-corrected chi connectivity index (χ1v) is 7.79. The van der Waals surface area contributed by atoms with Gasteiger partial charge in [-0.05, 0) is 56.0 Å². The molecule has 0 bridgehead atoms. The lowest BCUT2D eigenvalue weighted by Gasteiger charge is -2.29. The highest BCUT2D eigenvalue weighted by Crippen LogP contribution is 2.26. The van der Waals surface area contributed by atoms with Crippen LogP contribution in [0.4, 0.5) is 5.69 Å². The molecule has 104 valence electrons. The molecule has 0 unspecified atom stereocenters. The van der Waals surface area contributed by atoms with Crippen molar-refractivity contribution in [3.8, 4) is 0 Å². The average molecular weight is 297 g/mol. The number of anilines is 1. The fraction of sp³-hybridized carbons (Fsp3) is 0.533. The third kappa shape index (κ3) is 4.36. The summed E-state index contributed by atoms with van der Waals surface area (Å²) in [5, 5.41) is 7.94. The molecule has 0 aliphatic heterocycles. The Hall–Kier alpha value is -0.800. The van der Waals surface area contributed by atoms with Crippen LogP contribution in [0.25, 0.3) is 0 Å². The highest BCUT2D eigenvalue weighted by Gasteiger charge is 2.20. The van der Waals surface area contributed by atoms with Gasteiger partial charge in [0.2, 0.25) is 0 Å². The topological polar surface area (TPSA) is 24.1 Å². The Kier molecular flexibility index (Phi) is 5.46. The lowest BCUT2D eigenvalue weighted by Crippen LogP contribution is -2.40. The van der Waals surface area contributed by atoms with Crippen LogP contribution in [0.15, 0.2) is 24.3 Å². The fourth-order valence-electron chi connectivity index (χ4n) is 2.62. The predicted molar refractivity (Wildman–Crippen MR) is 86.8 cm³/mol. The van der Waals surface area contributed by atoms with Crippen LogP contribution in [0.1, 0.15) is 39.0 Å². The molecule has 2 rings (SSSR count). The molecule has 1 aliphatic carbocycles. The van der Waals surface area contributed by atoms with Crippen LogP contribution in [0.3, 0.4) is 0 Å². The van der Waals surface area contributed by atoms with E-state index in [9.17, 15) is 0 Å². The molecule has 2 nitrogen and oxygen atoms in total. The van der Waals surface area contributed by atoms with Crippen LogP contribution in [-0.4, -0.2) is 11.2 Å². The molecule has 0 spiro atoms. The minimum absolute atomic E-state index is 0.505. The Balaban J connectivity index is 1.81. The Morgan fingerprint density at radius 1 is 1.26 bits per heavy atom. The molecule has 0 radical (unpaired) electrons. The van der Waals surface area contributed by atoms with E-state index in [1.54, 1.807) is 0 Å². The van der Waals surface area contributed by atoms with Crippen LogP contribution in [0, 0.1) is 5.92 Å². The summed E-state index contributed by atoms with van der Waals surface area (Å²) in [4.78, 5) is 0. The van der Waals surface area contributed by atoms with Gasteiger partial charge in [-0.3, -0.25) is 0 Å². The summed E-state index contributed by atoms with van der Waals surface area (Å²) in [6.45, 7) is 2.28. The molecule has 0 heterocycles. The Bertz CT molecular complexity index is 428. The number of nitrogens with one attached hydrogen (secondary N) is 2. The SMILES string of the molecule is CCC1CCC(NC(=S)Nc2ccccc2Cl)CC1. The van der Waals surface area contributed by atoms with Crippen molar-refractivity contribution >= 4 is 34.6 Å². The van der Waals surface area contributed by atoms with E-state index < -0.39 is 0 Å². The van der Waals surface area contributed by atoms with E-state index in [1.807, 2.05) is 24.3 Å². The van der Waals surface area contributed by atoms with E-state index in [1.165, 1.54) is 32.1 Å². The molecule has 0 atom stereocenters. The summed E-state index contributed by atoms with van der Waals surface area (Å²) in [5.74, 6) is 0.906. The van der Waals surface area contributed by atoms with E-state index >= 15 is 0 Å². The van der Waals surface area contributed by atoms with E-state index in [0.717, 1.165) is 11.6 Å². The molecule has 0 saturated heterocycles. The van der Waals surface area contributed by atoms with Gasteiger partial charge in [0.25, 0.3) is 0 Å². The molecule has 1 saturated carbocycles. The lowest BCUT2D eigenvalue weighted by molar-refractivity contribution is 0.306. The van der Waals surface area contributed by atoms with Crippen LogP contribution in [0.5, 0.6) is 0 Å². The molecule has 4 heteroatoms. The Morgan fingerprint density at radius 3 is 2.58 bits per heavy atom. The summed E-state index contributed by atoms with van der Waals surface area (Å²) in [6, 6.07) is 8.16. The number of benzene rings is 1. The molecule has 19 heavy (non-hydrogen) atoms. The quantitative estimate of drug-likeness (QED) is 0.798. The summed E-state index contributed by atoms with van der Waals surface area (Å²) >= 11 is 11.5. The maximum Gasteiger partial charge on any atom is 0.171 e. The minimum atomic E-state index is 0.505. The van der Waals surface area contributed by atoms with Gasteiger partial charge in [0, 0.05) is 6.04 Å². The van der Waals surface area contributed by atoms with Crippen molar-refractivity contribution < 1.29 is 0 Å². The number of halogens is 1. The van der Waals surface area contributed by atoms with Crippen LogP contribution >= 0.6 is 23.8 Å². The smallest absolute Gasteiger partial charge is 0.171 e. The van der Waals surface area contributed by atoms with Crippen molar-refractivity contribution in [2.24, 2.45) is 5.92 Å². The van der Waals surface area contributed by atoms with Gasteiger partial charge in [-0.2, -0.15) is 0 Å². The second kappa shape index (κ2) is 7.11. The minimum Gasteiger partial charge on any atom is -0.360 e. The van der Waals surface area contributed by atoms with E-state index in [4.69, 9.17) is 23.8 Å². The van der Waals surface area contributed by atoms with Crippen molar-refractivity contribution in [3.05, 3.63) is 29.3 Å². The molecular formula is C15H21ClN2S. The third-order valence-corrected chi connectivity index (χ3v) is 4.43. The zero-order chi connectivity index (χ0) is 13.7. The van der Waals surface area contributed by atoms with Gasteiger partial charge in [0.15, 0.2) is 5.11 Å². The molecule has 0 amide bonds. The van der Waals surface area contributed by atoms with Crippen LogP contribution in [-0.2, 0) is 0 Å². The van der Waals surface area contributed by atoms with Crippen molar-refractivity contribution in [2.45, 2.75) is 45.1 Å². The standard InChI is InChI=1S/C15H21ClN2S/c1-2-11-7-9-12(10-8-11)17-15(19)18-14-6-4-3-5-13(14)16/h3-6,11-12H,2,7-10H2,1H3,(H2,17,18,19). The second-order valence-corrected chi connectivity index (χ2v) is 6.02. The first-order chi connectivity index (χ1) is 9.19. The number of hydrogen-bond acceptors (Lipinski definition) is 1. The summed E-state index contributed by atoms with van der Waals surface area (Å²) < 4.78 is 0. The van der Waals surface area contributed by atoms with E-state index in [2.05, 4.69) is 17.6 Å². The zero-order valence-electron chi connectivity index (χ0n) is 11.3. The average Bonchev–Trinajstić information content (AvgIpc) is 2.42. The molecule has 1 aromatic rings. The van der Waals surface area contributed by atoms with Gasteiger partial charge in [-0.1, -0.05) is 37.1 Å².